The first-order valence-corrected chi connectivity index (χ1v) is 3.18. The van der Waals surface area contributed by atoms with E-state index in [9.17, 15) is 17.7 Å². The molecule has 0 aliphatic heterocycles. The predicted octanol–water partition coefficient (Wildman–Crippen LogP) is 2.52. The van der Waals surface area contributed by atoms with Crippen LogP contribution in [0.25, 0.3) is 0 Å². The molecule has 1 nitrogen and oxygen atoms in total. The van der Waals surface area contributed by atoms with Crippen molar-refractivity contribution in [2.75, 3.05) is 6.67 Å². The molecule has 2 unspecified atom stereocenters. The third-order valence-electron chi connectivity index (χ3n) is 1.56. The lowest BCUT2D eigenvalue weighted by molar-refractivity contribution is -0.259. The summed E-state index contributed by atoms with van der Waals surface area (Å²) in [7, 11) is 0. The Hall–Kier alpha value is -0.320. The fourth-order valence-electron chi connectivity index (χ4n) is 0.563. The standard InChI is InChI=1S/C6H10F4O/c1-4(3-7)6(8,9)5(2)11-10/h4-5H,3H2,1-2H3. The summed E-state index contributed by atoms with van der Waals surface area (Å²) < 4.78 is 48.2. The molecule has 0 saturated heterocycles. The second-order valence-electron chi connectivity index (χ2n) is 2.46. The predicted molar refractivity (Wildman–Crippen MR) is 31.7 cm³/mol. The van der Waals surface area contributed by atoms with E-state index in [2.05, 4.69) is 4.94 Å². The highest BCUT2D eigenvalue weighted by Crippen LogP contribution is 2.30. The van der Waals surface area contributed by atoms with Gasteiger partial charge in [-0.05, 0) is 11.4 Å². The van der Waals surface area contributed by atoms with Gasteiger partial charge in [0.05, 0.1) is 12.6 Å². The average molecular weight is 174 g/mol. The molecule has 0 bridgehead atoms. The van der Waals surface area contributed by atoms with Gasteiger partial charge in [0.1, 0.15) is 0 Å². The maximum atomic E-state index is 12.6. The number of rotatable bonds is 4. The zero-order chi connectivity index (χ0) is 9.07. The van der Waals surface area contributed by atoms with Crippen LogP contribution in [0.4, 0.5) is 17.7 Å². The minimum Gasteiger partial charge on any atom is -0.251 e. The number of alkyl halides is 3. The first-order valence-electron chi connectivity index (χ1n) is 3.18. The molecule has 0 aliphatic carbocycles. The van der Waals surface area contributed by atoms with Crippen LogP contribution in [0.1, 0.15) is 13.8 Å². The molecule has 5 heteroatoms. The SMILES string of the molecule is CC(CF)C(F)(F)C(C)OF. The van der Waals surface area contributed by atoms with Crippen LogP contribution in [0, 0.1) is 5.92 Å². The Balaban J connectivity index is 4.18. The smallest absolute Gasteiger partial charge is 0.251 e. The lowest BCUT2D eigenvalue weighted by atomic mass is 10.0. The fraction of sp³-hybridized carbons (Fsp3) is 1.00. The summed E-state index contributed by atoms with van der Waals surface area (Å²) in [5.41, 5.74) is 0. The summed E-state index contributed by atoms with van der Waals surface area (Å²) in [6.07, 6.45) is -1.90. The largest absolute Gasteiger partial charge is 0.281 e. The monoisotopic (exact) mass is 174 g/mol. The van der Waals surface area contributed by atoms with E-state index in [-0.39, 0.29) is 0 Å². The zero-order valence-electron chi connectivity index (χ0n) is 6.28. The summed E-state index contributed by atoms with van der Waals surface area (Å²) >= 11 is 0. The Bertz CT molecular complexity index is 105. The normalized spacial score (nSPS) is 18.0. The van der Waals surface area contributed by atoms with Gasteiger partial charge < -0.3 is 0 Å². The minimum atomic E-state index is -3.45. The first kappa shape index (κ1) is 10.7. The number of hydrogen-bond acceptors (Lipinski definition) is 1. The molecule has 0 aromatic heterocycles. The van der Waals surface area contributed by atoms with E-state index in [1.165, 1.54) is 0 Å². The van der Waals surface area contributed by atoms with Crippen molar-refractivity contribution >= 4 is 0 Å². The van der Waals surface area contributed by atoms with Crippen LogP contribution in [-0.2, 0) is 4.94 Å². The highest BCUT2D eigenvalue weighted by molar-refractivity contribution is 4.78. The lowest BCUT2D eigenvalue weighted by Crippen LogP contribution is -2.39. The summed E-state index contributed by atoms with van der Waals surface area (Å²) in [4.78, 5) is 2.92. The fourth-order valence-corrected chi connectivity index (χ4v) is 0.563. The molecular weight excluding hydrogens is 164 g/mol. The minimum absolute atomic E-state index is 0.853. The van der Waals surface area contributed by atoms with Crippen LogP contribution >= 0.6 is 0 Å². The topological polar surface area (TPSA) is 9.23 Å². The van der Waals surface area contributed by atoms with Crippen molar-refractivity contribution in [2.45, 2.75) is 25.9 Å². The van der Waals surface area contributed by atoms with Crippen molar-refractivity contribution < 1.29 is 22.6 Å². The van der Waals surface area contributed by atoms with Gasteiger partial charge in [-0.1, -0.05) is 6.92 Å². The molecule has 0 heterocycles. The van der Waals surface area contributed by atoms with Gasteiger partial charge in [-0.3, -0.25) is 4.39 Å². The Morgan fingerprint density at radius 1 is 1.36 bits per heavy atom. The molecule has 0 aliphatic rings. The van der Waals surface area contributed by atoms with E-state index < -0.39 is 24.6 Å². The van der Waals surface area contributed by atoms with Gasteiger partial charge in [0, 0.05) is 0 Å². The molecule has 0 rings (SSSR count). The van der Waals surface area contributed by atoms with Crippen LogP contribution in [0.5, 0.6) is 0 Å². The maximum absolute atomic E-state index is 12.6. The Labute approximate surface area is 62.2 Å². The third kappa shape index (κ3) is 2.32. The van der Waals surface area contributed by atoms with E-state index in [1.807, 2.05) is 0 Å². The molecule has 0 amide bonds. The van der Waals surface area contributed by atoms with Crippen molar-refractivity contribution in [3.63, 3.8) is 0 Å². The molecular formula is C6H10F4O. The highest BCUT2D eigenvalue weighted by Gasteiger charge is 2.44. The van der Waals surface area contributed by atoms with Crippen LogP contribution < -0.4 is 0 Å². The molecule has 0 aromatic carbocycles. The summed E-state index contributed by atoms with van der Waals surface area (Å²) in [6.45, 7) is 0.655. The van der Waals surface area contributed by atoms with Crippen LogP contribution in [0.15, 0.2) is 0 Å². The van der Waals surface area contributed by atoms with Crippen molar-refractivity contribution in [3.05, 3.63) is 0 Å². The molecule has 0 N–H and O–H groups in total. The van der Waals surface area contributed by atoms with Crippen LogP contribution in [-0.4, -0.2) is 18.7 Å². The molecule has 0 spiro atoms. The lowest BCUT2D eigenvalue weighted by Gasteiger charge is -2.24. The van der Waals surface area contributed by atoms with Gasteiger partial charge in [0.15, 0.2) is 6.10 Å². The average Bonchev–Trinajstić information content (AvgIpc) is 2.01. The highest BCUT2D eigenvalue weighted by atomic mass is 19.3. The Kier molecular flexibility index (Phi) is 3.78. The molecule has 0 fully saturated rings. The molecule has 11 heavy (non-hydrogen) atoms. The number of halogens is 4. The van der Waals surface area contributed by atoms with E-state index in [0.29, 0.717) is 0 Å². The Morgan fingerprint density at radius 2 is 1.82 bits per heavy atom. The van der Waals surface area contributed by atoms with Gasteiger partial charge in [-0.2, -0.15) is 4.94 Å². The molecule has 0 radical (unpaired) electrons. The second-order valence-corrected chi connectivity index (χ2v) is 2.46. The van der Waals surface area contributed by atoms with E-state index >= 15 is 0 Å². The van der Waals surface area contributed by atoms with Crippen LogP contribution in [0.3, 0.4) is 0 Å². The van der Waals surface area contributed by atoms with Gasteiger partial charge >= 0.3 is 0 Å². The molecule has 2 atom stereocenters. The quantitative estimate of drug-likeness (QED) is 0.595. The Morgan fingerprint density at radius 3 is 2.09 bits per heavy atom. The van der Waals surface area contributed by atoms with Gasteiger partial charge in [0.2, 0.25) is 0 Å². The van der Waals surface area contributed by atoms with E-state index in [4.69, 9.17) is 0 Å². The molecule has 0 aromatic rings. The van der Waals surface area contributed by atoms with Crippen molar-refractivity contribution in [1.82, 2.24) is 0 Å². The summed E-state index contributed by atoms with van der Waals surface area (Å²) in [6, 6.07) is 0. The van der Waals surface area contributed by atoms with E-state index in [0.717, 1.165) is 13.8 Å². The van der Waals surface area contributed by atoms with E-state index in [1.54, 1.807) is 0 Å². The third-order valence-corrected chi connectivity index (χ3v) is 1.56. The second kappa shape index (κ2) is 3.90. The van der Waals surface area contributed by atoms with Gasteiger partial charge in [0.25, 0.3) is 5.92 Å². The summed E-state index contributed by atoms with van der Waals surface area (Å²) in [5.74, 6) is -4.98. The van der Waals surface area contributed by atoms with Crippen molar-refractivity contribution in [1.29, 1.82) is 0 Å². The van der Waals surface area contributed by atoms with Gasteiger partial charge in [-0.25, -0.2) is 8.78 Å². The zero-order valence-corrected chi connectivity index (χ0v) is 6.28. The molecule has 0 saturated carbocycles. The van der Waals surface area contributed by atoms with Crippen molar-refractivity contribution in [2.24, 2.45) is 5.92 Å². The first-order chi connectivity index (χ1) is 4.96. The maximum Gasteiger partial charge on any atom is 0.281 e. The number of hydrogen-bond donors (Lipinski definition) is 0. The van der Waals surface area contributed by atoms with Crippen LogP contribution in [0.2, 0.25) is 0 Å². The van der Waals surface area contributed by atoms with Crippen molar-refractivity contribution in [3.8, 4) is 0 Å². The van der Waals surface area contributed by atoms with Gasteiger partial charge in [-0.15, -0.1) is 0 Å². The molecule has 68 valence electrons. The summed E-state index contributed by atoms with van der Waals surface area (Å²) in [5, 5.41) is 0.